The normalized spacial score (nSPS) is 15.1. The van der Waals surface area contributed by atoms with Crippen LogP contribution in [0.25, 0.3) is 0 Å². The van der Waals surface area contributed by atoms with E-state index in [9.17, 15) is 9.59 Å². The first-order valence-electron chi connectivity index (χ1n) is 9.48. The molecule has 2 aromatic carbocycles. The Morgan fingerprint density at radius 3 is 2.27 bits per heavy atom. The zero-order valence-corrected chi connectivity index (χ0v) is 15.7. The second-order valence-electron chi connectivity index (χ2n) is 7.29. The van der Waals surface area contributed by atoms with Crippen LogP contribution >= 0.6 is 0 Å². The largest absolute Gasteiger partial charge is 0.343 e. The highest BCUT2D eigenvalue weighted by Gasteiger charge is 2.24. The van der Waals surface area contributed by atoms with E-state index in [-0.39, 0.29) is 11.7 Å². The minimum absolute atomic E-state index is 0.0561. The van der Waals surface area contributed by atoms with Gasteiger partial charge in [0.2, 0.25) is 5.91 Å². The third-order valence-corrected chi connectivity index (χ3v) is 5.51. The molecule has 1 aliphatic rings. The van der Waals surface area contributed by atoms with Gasteiger partial charge in [0.05, 0.1) is 0 Å². The molecular weight excluding hydrogens is 322 g/mol. The highest BCUT2D eigenvalue weighted by atomic mass is 16.2. The number of ketones is 1. The number of likely N-dealkylation sites (tertiary alicyclic amines) is 1. The monoisotopic (exact) mass is 349 g/mol. The van der Waals surface area contributed by atoms with Gasteiger partial charge < -0.3 is 4.90 Å². The van der Waals surface area contributed by atoms with Gasteiger partial charge in [0.25, 0.3) is 0 Å². The fourth-order valence-electron chi connectivity index (χ4n) is 3.63. The number of carbonyl (C=O) groups excluding carboxylic acids is 2. The third kappa shape index (κ3) is 4.40. The number of benzene rings is 2. The highest BCUT2D eigenvalue weighted by molar-refractivity contribution is 5.98. The molecule has 0 saturated carbocycles. The first kappa shape index (κ1) is 18.4. The van der Waals surface area contributed by atoms with E-state index >= 15 is 0 Å². The van der Waals surface area contributed by atoms with Crippen LogP contribution in [0.5, 0.6) is 0 Å². The summed E-state index contributed by atoms with van der Waals surface area (Å²) in [5.74, 6) is 0.701. The van der Waals surface area contributed by atoms with Crippen molar-refractivity contribution in [3.8, 4) is 0 Å². The second kappa shape index (κ2) is 8.31. The van der Waals surface area contributed by atoms with Crippen LogP contribution in [0.15, 0.2) is 48.5 Å². The highest BCUT2D eigenvalue weighted by Crippen LogP contribution is 2.28. The van der Waals surface area contributed by atoms with Gasteiger partial charge in [-0.25, -0.2) is 0 Å². The summed E-state index contributed by atoms with van der Waals surface area (Å²) >= 11 is 0. The van der Waals surface area contributed by atoms with Crippen molar-refractivity contribution in [3.05, 3.63) is 70.8 Å². The predicted octanol–water partition coefficient (Wildman–Crippen LogP) is 4.67. The zero-order valence-electron chi connectivity index (χ0n) is 15.7. The maximum absolute atomic E-state index is 12.5. The molecule has 136 valence electrons. The molecule has 0 radical (unpaired) electrons. The summed E-state index contributed by atoms with van der Waals surface area (Å²) in [4.78, 5) is 26.8. The molecule has 1 heterocycles. The lowest BCUT2D eigenvalue weighted by atomic mass is 9.89. The molecule has 2 aromatic rings. The van der Waals surface area contributed by atoms with Crippen LogP contribution in [0.3, 0.4) is 0 Å². The van der Waals surface area contributed by atoms with Crippen LogP contribution in [0.4, 0.5) is 0 Å². The molecule has 0 N–H and O–H groups in total. The van der Waals surface area contributed by atoms with E-state index in [4.69, 9.17) is 0 Å². The van der Waals surface area contributed by atoms with Gasteiger partial charge in [-0.1, -0.05) is 42.5 Å². The molecule has 1 fully saturated rings. The fourth-order valence-corrected chi connectivity index (χ4v) is 3.63. The van der Waals surface area contributed by atoms with Crippen molar-refractivity contribution in [2.24, 2.45) is 0 Å². The molecule has 0 unspecified atom stereocenters. The van der Waals surface area contributed by atoms with E-state index in [0.717, 1.165) is 31.5 Å². The molecule has 3 nitrogen and oxygen atoms in total. The predicted molar refractivity (Wildman–Crippen MR) is 104 cm³/mol. The summed E-state index contributed by atoms with van der Waals surface area (Å²) in [6, 6.07) is 16.3. The van der Waals surface area contributed by atoms with Crippen LogP contribution in [-0.2, 0) is 4.79 Å². The molecule has 0 aliphatic carbocycles. The minimum Gasteiger partial charge on any atom is -0.343 e. The van der Waals surface area contributed by atoms with E-state index in [1.165, 1.54) is 11.1 Å². The molecule has 0 bridgehead atoms. The number of carbonyl (C=O) groups is 2. The summed E-state index contributed by atoms with van der Waals surface area (Å²) in [7, 11) is 0. The van der Waals surface area contributed by atoms with Crippen molar-refractivity contribution in [1.82, 2.24) is 4.90 Å². The van der Waals surface area contributed by atoms with Gasteiger partial charge in [-0.2, -0.15) is 0 Å². The van der Waals surface area contributed by atoms with Gasteiger partial charge in [0.1, 0.15) is 0 Å². The lowest BCUT2D eigenvalue weighted by molar-refractivity contribution is -0.132. The van der Waals surface area contributed by atoms with E-state index in [1.54, 1.807) is 0 Å². The maximum Gasteiger partial charge on any atom is 0.223 e. The summed E-state index contributed by atoms with van der Waals surface area (Å²) in [6.45, 7) is 5.62. The number of aryl methyl sites for hydroxylation is 2. The Labute approximate surface area is 156 Å². The van der Waals surface area contributed by atoms with Crippen LogP contribution in [0, 0.1) is 13.8 Å². The Morgan fingerprint density at radius 1 is 0.923 bits per heavy atom. The molecule has 0 atom stereocenters. The number of nitrogens with zero attached hydrogens (tertiary/aromatic N) is 1. The maximum atomic E-state index is 12.5. The SMILES string of the molecule is Cc1ccc(C(=O)CCC(=O)N2CCC(c3ccccc3)CC2)cc1C. The molecule has 1 aliphatic heterocycles. The number of hydrogen-bond acceptors (Lipinski definition) is 2. The molecule has 26 heavy (non-hydrogen) atoms. The molecular formula is C23H27NO2. The molecule has 1 saturated heterocycles. The average Bonchev–Trinajstić information content (AvgIpc) is 2.68. The van der Waals surface area contributed by atoms with Crippen LogP contribution in [0.2, 0.25) is 0 Å². The van der Waals surface area contributed by atoms with Crippen molar-refractivity contribution < 1.29 is 9.59 Å². The lowest BCUT2D eigenvalue weighted by Gasteiger charge is -2.32. The summed E-state index contributed by atoms with van der Waals surface area (Å²) < 4.78 is 0. The summed E-state index contributed by atoms with van der Waals surface area (Å²) in [6.07, 6.45) is 2.60. The molecule has 0 aromatic heterocycles. The van der Waals surface area contributed by atoms with Crippen molar-refractivity contribution >= 4 is 11.7 Å². The average molecular weight is 349 g/mol. The van der Waals surface area contributed by atoms with Crippen LogP contribution < -0.4 is 0 Å². The molecule has 1 amide bonds. The molecule has 3 rings (SSSR count). The van der Waals surface area contributed by atoms with Crippen molar-refractivity contribution in [3.63, 3.8) is 0 Å². The topological polar surface area (TPSA) is 37.4 Å². The van der Waals surface area contributed by atoms with Gasteiger partial charge in [-0.05, 0) is 55.4 Å². The van der Waals surface area contributed by atoms with Gasteiger partial charge >= 0.3 is 0 Å². The fraction of sp³-hybridized carbons (Fsp3) is 0.391. The van der Waals surface area contributed by atoms with Crippen molar-refractivity contribution in [2.45, 2.75) is 45.4 Å². The van der Waals surface area contributed by atoms with Gasteiger partial charge in [0, 0.05) is 31.5 Å². The van der Waals surface area contributed by atoms with E-state index < -0.39 is 0 Å². The Morgan fingerprint density at radius 2 is 1.62 bits per heavy atom. The number of Topliss-reactive ketones (excluding diaryl/α,β-unsaturated/α-hetero) is 1. The van der Waals surface area contributed by atoms with E-state index in [1.807, 2.05) is 43.0 Å². The van der Waals surface area contributed by atoms with Gasteiger partial charge in [-0.15, -0.1) is 0 Å². The Balaban J connectivity index is 1.48. The Kier molecular flexibility index (Phi) is 5.87. The minimum atomic E-state index is 0.0561. The van der Waals surface area contributed by atoms with E-state index in [2.05, 4.69) is 24.3 Å². The van der Waals surface area contributed by atoms with Crippen molar-refractivity contribution in [1.29, 1.82) is 0 Å². The smallest absolute Gasteiger partial charge is 0.223 e. The first-order chi connectivity index (χ1) is 12.5. The van der Waals surface area contributed by atoms with Crippen LogP contribution in [0.1, 0.15) is 58.6 Å². The lowest BCUT2D eigenvalue weighted by Crippen LogP contribution is -2.38. The van der Waals surface area contributed by atoms with Gasteiger partial charge in [-0.3, -0.25) is 9.59 Å². The number of amides is 1. The summed E-state index contributed by atoms with van der Waals surface area (Å²) in [5.41, 5.74) is 4.37. The molecule has 3 heteroatoms. The third-order valence-electron chi connectivity index (χ3n) is 5.51. The van der Waals surface area contributed by atoms with Crippen molar-refractivity contribution in [2.75, 3.05) is 13.1 Å². The van der Waals surface area contributed by atoms with Crippen LogP contribution in [-0.4, -0.2) is 29.7 Å². The number of hydrogen-bond donors (Lipinski definition) is 0. The summed E-state index contributed by atoms with van der Waals surface area (Å²) in [5, 5.41) is 0. The first-order valence-corrected chi connectivity index (χ1v) is 9.48. The Hall–Kier alpha value is -2.42. The van der Waals surface area contributed by atoms with Gasteiger partial charge in [0.15, 0.2) is 5.78 Å². The second-order valence-corrected chi connectivity index (χ2v) is 7.29. The quantitative estimate of drug-likeness (QED) is 0.736. The number of rotatable bonds is 5. The number of piperidine rings is 1. The standard InChI is InChI=1S/C23H27NO2/c1-17-8-9-21(16-18(17)2)22(25)10-11-23(26)24-14-12-20(13-15-24)19-6-4-3-5-7-19/h3-9,16,20H,10-15H2,1-2H3. The Bertz CT molecular complexity index is 774. The molecule has 0 spiro atoms. The van der Waals surface area contributed by atoms with E-state index in [0.29, 0.717) is 24.3 Å². The zero-order chi connectivity index (χ0) is 18.5.